The van der Waals surface area contributed by atoms with Crippen molar-refractivity contribution >= 4 is 5.78 Å². The minimum atomic E-state index is 0.135. The highest BCUT2D eigenvalue weighted by Gasteiger charge is 2.10. The number of nitrogens with zero attached hydrogens (tertiary/aromatic N) is 1. The maximum Gasteiger partial charge on any atom is 0.227 e. The van der Waals surface area contributed by atoms with E-state index >= 15 is 0 Å². The molecule has 1 heterocycles. The van der Waals surface area contributed by atoms with Crippen molar-refractivity contribution in [2.45, 2.75) is 13.5 Å². The molecule has 1 aromatic carbocycles. The molecule has 0 aliphatic rings. The van der Waals surface area contributed by atoms with E-state index in [0.717, 1.165) is 11.1 Å². The van der Waals surface area contributed by atoms with Gasteiger partial charge in [0.15, 0.2) is 12.4 Å². The van der Waals surface area contributed by atoms with Gasteiger partial charge in [0.1, 0.15) is 0 Å². The number of aryl methyl sites for hydroxylation is 1. The van der Waals surface area contributed by atoms with Gasteiger partial charge in [0.2, 0.25) is 12.3 Å². The van der Waals surface area contributed by atoms with E-state index in [9.17, 15) is 4.79 Å². The lowest BCUT2D eigenvalue weighted by Crippen LogP contribution is -2.37. The molecule has 0 amide bonds. The number of carbonyl (C=O) groups is 1. The average Bonchev–Trinajstić information content (AvgIpc) is 2.30. The number of rotatable bonds is 3. The topological polar surface area (TPSA) is 20.9 Å². The zero-order valence-electron chi connectivity index (χ0n) is 9.26. The van der Waals surface area contributed by atoms with Crippen molar-refractivity contribution in [3.05, 3.63) is 66.0 Å². The van der Waals surface area contributed by atoms with Crippen molar-refractivity contribution in [3.8, 4) is 0 Å². The molecule has 16 heavy (non-hydrogen) atoms. The second-order valence-corrected chi connectivity index (χ2v) is 3.84. The smallest absolute Gasteiger partial charge is 0.227 e. The first-order valence-electron chi connectivity index (χ1n) is 5.30. The quantitative estimate of drug-likeness (QED) is 0.564. The summed E-state index contributed by atoms with van der Waals surface area (Å²) in [6.07, 6.45) is 3.88. The Morgan fingerprint density at radius 1 is 1.12 bits per heavy atom. The molecule has 0 saturated heterocycles. The second kappa shape index (κ2) is 4.71. The first-order chi connectivity index (χ1) is 7.75. The largest absolute Gasteiger partial charge is 0.287 e. The summed E-state index contributed by atoms with van der Waals surface area (Å²) in [5, 5.41) is 0. The normalized spacial score (nSPS) is 10.1. The zero-order chi connectivity index (χ0) is 11.4. The fourth-order valence-corrected chi connectivity index (χ4v) is 1.63. The van der Waals surface area contributed by atoms with Crippen LogP contribution >= 0.6 is 0 Å². The first kappa shape index (κ1) is 10.6. The molecular weight excluding hydrogens is 198 g/mol. The van der Waals surface area contributed by atoms with Crippen molar-refractivity contribution in [3.63, 3.8) is 0 Å². The Bertz CT molecular complexity index is 491. The SMILES string of the molecule is Cc1ccc[n+](CC(=O)c2ccccc2)c1. The molecule has 0 unspecified atom stereocenters. The van der Waals surface area contributed by atoms with Gasteiger partial charge in [0.05, 0.1) is 0 Å². The minimum Gasteiger partial charge on any atom is -0.287 e. The molecule has 2 aromatic rings. The van der Waals surface area contributed by atoms with Crippen LogP contribution < -0.4 is 4.57 Å². The molecule has 0 spiro atoms. The Morgan fingerprint density at radius 3 is 2.56 bits per heavy atom. The summed E-state index contributed by atoms with van der Waals surface area (Å²) in [5.74, 6) is 0.135. The van der Waals surface area contributed by atoms with E-state index in [2.05, 4.69) is 0 Å². The third-order valence-corrected chi connectivity index (χ3v) is 2.43. The van der Waals surface area contributed by atoms with E-state index in [1.54, 1.807) is 0 Å². The van der Waals surface area contributed by atoms with Crippen LogP contribution in [0, 0.1) is 6.92 Å². The number of pyridine rings is 1. The van der Waals surface area contributed by atoms with Crippen molar-refractivity contribution in [2.75, 3.05) is 0 Å². The number of hydrogen-bond donors (Lipinski definition) is 0. The van der Waals surface area contributed by atoms with E-state index in [4.69, 9.17) is 0 Å². The minimum absolute atomic E-state index is 0.135. The van der Waals surface area contributed by atoms with Crippen LogP contribution in [-0.4, -0.2) is 5.78 Å². The van der Waals surface area contributed by atoms with Gasteiger partial charge in [-0.05, 0) is 13.0 Å². The Hall–Kier alpha value is -1.96. The van der Waals surface area contributed by atoms with Crippen LogP contribution in [0.2, 0.25) is 0 Å². The summed E-state index contributed by atoms with van der Waals surface area (Å²) >= 11 is 0. The molecule has 0 bridgehead atoms. The first-order valence-corrected chi connectivity index (χ1v) is 5.30. The molecular formula is C14H14NO+. The molecule has 1 aromatic heterocycles. The zero-order valence-corrected chi connectivity index (χ0v) is 9.26. The molecule has 2 nitrogen and oxygen atoms in total. The summed E-state index contributed by atoms with van der Waals surface area (Å²) in [5.41, 5.74) is 1.92. The van der Waals surface area contributed by atoms with Crippen LogP contribution in [0.1, 0.15) is 15.9 Å². The van der Waals surface area contributed by atoms with Gasteiger partial charge in [-0.3, -0.25) is 4.79 Å². The lowest BCUT2D eigenvalue weighted by Gasteiger charge is -1.98. The molecule has 0 N–H and O–H groups in total. The summed E-state index contributed by atoms with van der Waals surface area (Å²) in [4.78, 5) is 11.9. The Morgan fingerprint density at radius 2 is 1.88 bits per heavy atom. The summed E-state index contributed by atoms with van der Waals surface area (Å²) in [6.45, 7) is 2.41. The van der Waals surface area contributed by atoms with Crippen LogP contribution in [0.3, 0.4) is 0 Å². The van der Waals surface area contributed by atoms with E-state index in [1.807, 2.05) is 66.3 Å². The van der Waals surface area contributed by atoms with E-state index in [0.29, 0.717) is 6.54 Å². The highest BCUT2D eigenvalue weighted by Crippen LogP contribution is 2.00. The molecule has 0 saturated carbocycles. The molecule has 0 radical (unpaired) electrons. The molecule has 80 valence electrons. The Balaban J connectivity index is 2.14. The van der Waals surface area contributed by atoms with E-state index < -0.39 is 0 Å². The van der Waals surface area contributed by atoms with Crippen LogP contribution in [-0.2, 0) is 6.54 Å². The van der Waals surface area contributed by atoms with Crippen LogP contribution in [0.4, 0.5) is 0 Å². The predicted molar refractivity (Wildman–Crippen MR) is 62.1 cm³/mol. The summed E-state index contributed by atoms with van der Waals surface area (Å²) in [7, 11) is 0. The van der Waals surface area contributed by atoms with Crippen molar-refractivity contribution in [1.29, 1.82) is 0 Å². The monoisotopic (exact) mass is 212 g/mol. The average molecular weight is 212 g/mol. The number of ketones is 1. The second-order valence-electron chi connectivity index (χ2n) is 3.84. The maximum atomic E-state index is 11.9. The van der Waals surface area contributed by atoms with Crippen LogP contribution in [0.5, 0.6) is 0 Å². The standard InChI is InChI=1S/C14H14NO/c1-12-6-5-9-15(10-12)11-14(16)13-7-3-2-4-8-13/h2-10H,11H2,1H3/q+1. The molecule has 2 rings (SSSR count). The Labute approximate surface area is 95.2 Å². The maximum absolute atomic E-state index is 11.9. The number of Topliss-reactive ketones (excluding diaryl/α,β-unsaturated/α-hetero) is 1. The van der Waals surface area contributed by atoms with Crippen molar-refractivity contribution < 1.29 is 9.36 Å². The van der Waals surface area contributed by atoms with Gasteiger partial charge >= 0.3 is 0 Å². The van der Waals surface area contributed by atoms with Gasteiger partial charge in [0.25, 0.3) is 0 Å². The van der Waals surface area contributed by atoms with Gasteiger partial charge < -0.3 is 0 Å². The number of hydrogen-bond acceptors (Lipinski definition) is 1. The van der Waals surface area contributed by atoms with Gasteiger partial charge in [-0.1, -0.05) is 30.3 Å². The summed E-state index contributed by atoms with van der Waals surface area (Å²) in [6, 6.07) is 13.3. The predicted octanol–water partition coefficient (Wildman–Crippen LogP) is 2.17. The highest BCUT2D eigenvalue weighted by atomic mass is 16.1. The van der Waals surface area contributed by atoms with Crippen LogP contribution in [0.25, 0.3) is 0 Å². The third-order valence-electron chi connectivity index (χ3n) is 2.43. The van der Waals surface area contributed by atoms with Gasteiger partial charge in [-0.25, -0.2) is 0 Å². The van der Waals surface area contributed by atoms with E-state index in [-0.39, 0.29) is 5.78 Å². The van der Waals surface area contributed by atoms with Crippen molar-refractivity contribution in [2.24, 2.45) is 0 Å². The molecule has 0 atom stereocenters. The highest BCUT2D eigenvalue weighted by molar-refractivity contribution is 5.94. The fraction of sp³-hybridized carbons (Fsp3) is 0.143. The third kappa shape index (κ3) is 2.54. The summed E-state index contributed by atoms with van der Waals surface area (Å²) < 4.78 is 1.91. The Kier molecular flexibility index (Phi) is 3.10. The number of carbonyl (C=O) groups excluding carboxylic acids is 1. The molecule has 0 fully saturated rings. The molecule has 2 heteroatoms. The fourth-order valence-electron chi connectivity index (χ4n) is 1.63. The van der Waals surface area contributed by atoms with Crippen LogP contribution in [0.15, 0.2) is 54.9 Å². The van der Waals surface area contributed by atoms with Crippen molar-refractivity contribution in [1.82, 2.24) is 0 Å². The number of aromatic nitrogens is 1. The lowest BCUT2D eigenvalue weighted by atomic mass is 10.1. The van der Waals surface area contributed by atoms with E-state index in [1.165, 1.54) is 0 Å². The van der Waals surface area contributed by atoms with Gasteiger partial charge in [-0.15, -0.1) is 0 Å². The van der Waals surface area contributed by atoms with Gasteiger partial charge in [0, 0.05) is 17.2 Å². The molecule has 0 aliphatic heterocycles. The lowest BCUT2D eigenvalue weighted by molar-refractivity contribution is -0.683. The van der Waals surface area contributed by atoms with Gasteiger partial charge in [-0.2, -0.15) is 4.57 Å². The molecule has 0 aliphatic carbocycles. The number of benzene rings is 1.